The van der Waals surface area contributed by atoms with Crippen LogP contribution in [-0.4, -0.2) is 30.0 Å². The molecule has 0 atom stereocenters. The van der Waals surface area contributed by atoms with E-state index >= 15 is 0 Å². The first-order valence-electron chi connectivity index (χ1n) is 5.02. The molecule has 4 heteroatoms. The Morgan fingerprint density at radius 2 is 2.20 bits per heavy atom. The summed E-state index contributed by atoms with van der Waals surface area (Å²) in [7, 11) is 2.00. The van der Waals surface area contributed by atoms with E-state index in [1.54, 1.807) is 0 Å². The summed E-state index contributed by atoms with van der Waals surface area (Å²) in [6.45, 7) is 2.20. The van der Waals surface area contributed by atoms with Gasteiger partial charge in [-0.2, -0.15) is 0 Å². The molecule has 0 saturated heterocycles. The first kappa shape index (κ1) is 10.1. The zero-order chi connectivity index (χ0) is 10.7. The third-order valence-corrected chi connectivity index (χ3v) is 2.25. The summed E-state index contributed by atoms with van der Waals surface area (Å²) in [5.74, 6) is 0.743. The van der Waals surface area contributed by atoms with Crippen molar-refractivity contribution in [2.24, 2.45) is 5.73 Å². The van der Waals surface area contributed by atoms with Gasteiger partial charge in [0.25, 0.3) is 0 Å². The molecule has 2 aromatic rings. The summed E-state index contributed by atoms with van der Waals surface area (Å²) in [5.41, 5.74) is 7.22. The van der Waals surface area contributed by atoms with Gasteiger partial charge in [0.1, 0.15) is 5.52 Å². The first-order chi connectivity index (χ1) is 7.29. The smallest absolute Gasteiger partial charge is 0.209 e. The van der Waals surface area contributed by atoms with E-state index in [4.69, 9.17) is 10.2 Å². The molecule has 1 aromatic heterocycles. The molecule has 15 heavy (non-hydrogen) atoms. The lowest BCUT2D eigenvalue weighted by Gasteiger charge is -2.11. The maximum absolute atomic E-state index is 5.59. The van der Waals surface area contributed by atoms with E-state index in [1.165, 1.54) is 0 Å². The van der Waals surface area contributed by atoms with Gasteiger partial charge in [0, 0.05) is 13.1 Å². The van der Waals surface area contributed by atoms with Crippen molar-refractivity contribution in [1.82, 2.24) is 9.88 Å². The van der Waals surface area contributed by atoms with Crippen molar-refractivity contribution < 1.29 is 4.42 Å². The predicted octanol–water partition coefficient (Wildman–Crippen LogP) is 1.22. The molecule has 2 N–H and O–H groups in total. The van der Waals surface area contributed by atoms with Crippen molar-refractivity contribution in [3.63, 3.8) is 0 Å². The van der Waals surface area contributed by atoms with Gasteiger partial charge in [-0.3, -0.25) is 4.90 Å². The van der Waals surface area contributed by atoms with Crippen LogP contribution in [0.1, 0.15) is 5.89 Å². The van der Waals surface area contributed by atoms with E-state index < -0.39 is 0 Å². The van der Waals surface area contributed by atoms with Crippen LogP contribution in [-0.2, 0) is 6.54 Å². The van der Waals surface area contributed by atoms with Gasteiger partial charge >= 0.3 is 0 Å². The number of hydrogen-bond donors (Lipinski definition) is 1. The van der Waals surface area contributed by atoms with Crippen molar-refractivity contribution in [2.45, 2.75) is 6.54 Å². The minimum Gasteiger partial charge on any atom is -0.439 e. The maximum Gasteiger partial charge on any atom is 0.209 e. The Morgan fingerprint density at radius 3 is 2.93 bits per heavy atom. The Balaban J connectivity index is 2.15. The van der Waals surface area contributed by atoms with Crippen LogP contribution in [0.4, 0.5) is 0 Å². The average Bonchev–Trinajstić information content (AvgIpc) is 2.59. The SMILES string of the molecule is CN(CCN)Cc1nc2ccccc2o1. The molecule has 1 heterocycles. The van der Waals surface area contributed by atoms with Crippen LogP contribution in [0.3, 0.4) is 0 Å². The topological polar surface area (TPSA) is 55.3 Å². The van der Waals surface area contributed by atoms with Crippen LogP contribution in [0.5, 0.6) is 0 Å². The third-order valence-electron chi connectivity index (χ3n) is 2.25. The lowest BCUT2D eigenvalue weighted by molar-refractivity contribution is 0.300. The molecular formula is C11H15N3O. The Labute approximate surface area is 88.7 Å². The van der Waals surface area contributed by atoms with Crippen LogP contribution in [0, 0.1) is 0 Å². The van der Waals surface area contributed by atoms with Gasteiger partial charge < -0.3 is 10.2 Å². The minimum absolute atomic E-state index is 0.650. The highest BCUT2D eigenvalue weighted by Crippen LogP contribution is 2.15. The largest absolute Gasteiger partial charge is 0.439 e. The quantitative estimate of drug-likeness (QED) is 0.815. The Morgan fingerprint density at radius 1 is 1.40 bits per heavy atom. The minimum atomic E-state index is 0.650. The molecule has 4 nitrogen and oxygen atoms in total. The van der Waals surface area contributed by atoms with E-state index in [0.29, 0.717) is 13.1 Å². The predicted molar refractivity (Wildman–Crippen MR) is 59.4 cm³/mol. The fraction of sp³-hybridized carbons (Fsp3) is 0.364. The summed E-state index contributed by atoms with van der Waals surface area (Å²) in [5, 5.41) is 0. The maximum atomic E-state index is 5.59. The van der Waals surface area contributed by atoms with Crippen molar-refractivity contribution >= 4 is 11.1 Å². The van der Waals surface area contributed by atoms with E-state index in [9.17, 15) is 0 Å². The van der Waals surface area contributed by atoms with Gasteiger partial charge in [0.2, 0.25) is 5.89 Å². The van der Waals surface area contributed by atoms with Crippen LogP contribution >= 0.6 is 0 Å². The highest BCUT2D eigenvalue weighted by Gasteiger charge is 2.06. The van der Waals surface area contributed by atoms with Crippen molar-refractivity contribution in [3.8, 4) is 0 Å². The molecule has 0 unspecified atom stereocenters. The van der Waals surface area contributed by atoms with Crippen molar-refractivity contribution in [1.29, 1.82) is 0 Å². The summed E-state index contributed by atoms with van der Waals surface area (Å²) in [4.78, 5) is 6.47. The molecule has 0 spiro atoms. The number of hydrogen-bond acceptors (Lipinski definition) is 4. The zero-order valence-corrected chi connectivity index (χ0v) is 8.81. The summed E-state index contributed by atoms with van der Waals surface area (Å²) in [6.07, 6.45) is 0. The van der Waals surface area contributed by atoms with Crippen LogP contribution in [0.25, 0.3) is 11.1 Å². The van der Waals surface area contributed by atoms with Gasteiger partial charge in [0.15, 0.2) is 5.58 Å². The van der Waals surface area contributed by atoms with Crippen LogP contribution in [0.15, 0.2) is 28.7 Å². The fourth-order valence-corrected chi connectivity index (χ4v) is 1.52. The molecule has 1 aromatic carbocycles. The molecule has 0 bridgehead atoms. The van der Waals surface area contributed by atoms with E-state index in [1.807, 2.05) is 31.3 Å². The van der Waals surface area contributed by atoms with Crippen LogP contribution < -0.4 is 5.73 Å². The van der Waals surface area contributed by atoms with Gasteiger partial charge in [-0.25, -0.2) is 4.98 Å². The fourth-order valence-electron chi connectivity index (χ4n) is 1.52. The first-order valence-corrected chi connectivity index (χ1v) is 5.02. The second-order valence-corrected chi connectivity index (χ2v) is 3.60. The third kappa shape index (κ3) is 2.34. The normalized spacial score (nSPS) is 11.4. The van der Waals surface area contributed by atoms with E-state index in [-0.39, 0.29) is 0 Å². The Kier molecular flexibility index (Phi) is 2.99. The van der Waals surface area contributed by atoms with E-state index in [2.05, 4.69) is 9.88 Å². The second-order valence-electron chi connectivity index (χ2n) is 3.60. The molecule has 0 aliphatic rings. The lowest BCUT2D eigenvalue weighted by Crippen LogP contribution is -2.25. The molecule has 0 radical (unpaired) electrons. The number of aromatic nitrogens is 1. The number of likely N-dealkylation sites (N-methyl/N-ethyl adjacent to an activating group) is 1. The zero-order valence-electron chi connectivity index (χ0n) is 8.81. The number of nitrogens with two attached hydrogens (primary N) is 1. The number of rotatable bonds is 4. The van der Waals surface area contributed by atoms with Crippen LogP contribution in [0.2, 0.25) is 0 Å². The Hall–Kier alpha value is -1.39. The highest BCUT2D eigenvalue weighted by molar-refractivity contribution is 5.72. The molecule has 0 saturated carbocycles. The molecule has 2 rings (SSSR count). The standard InChI is InChI=1S/C11H15N3O/c1-14(7-6-12)8-11-13-9-4-2-3-5-10(9)15-11/h2-5H,6-8,12H2,1H3. The van der Waals surface area contributed by atoms with Crippen molar-refractivity contribution in [2.75, 3.05) is 20.1 Å². The summed E-state index contributed by atoms with van der Waals surface area (Å²) < 4.78 is 5.59. The molecule has 80 valence electrons. The number of benzene rings is 1. The van der Waals surface area contributed by atoms with Gasteiger partial charge in [-0.05, 0) is 19.2 Å². The number of fused-ring (bicyclic) bond motifs is 1. The molecule has 0 fully saturated rings. The number of nitrogens with zero attached hydrogens (tertiary/aromatic N) is 2. The average molecular weight is 205 g/mol. The molecular weight excluding hydrogens is 190 g/mol. The van der Waals surface area contributed by atoms with Gasteiger partial charge in [0.05, 0.1) is 6.54 Å². The summed E-state index contributed by atoms with van der Waals surface area (Å²) >= 11 is 0. The lowest BCUT2D eigenvalue weighted by atomic mass is 10.3. The highest BCUT2D eigenvalue weighted by atomic mass is 16.3. The number of oxazole rings is 1. The van der Waals surface area contributed by atoms with Crippen molar-refractivity contribution in [3.05, 3.63) is 30.2 Å². The Bertz CT molecular complexity index is 405. The van der Waals surface area contributed by atoms with Gasteiger partial charge in [-0.1, -0.05) is 12.1 Å². The second kappa shape index (κ2) is 4.42. The molecule has 0 aliphatic carbocycles. The van der Waals surface area contributed by atoms with Gasteiger partial charge in [-0.15, -0.1) is 0 Å². The van der Waals surface area contributed by atoms with E-state index in [0.717, 1.165) is 23.5 Å². The summed E-state index contributed by atoms with van der Waals surface area (Å²) in [6, 6.07) is 7.78. The number of para-hydroxylation sites is 2. The molecule has 0 amide bonds. The molecule has 0 aliphatic heterocycles. The monoisotopic (exact) mass is 205 g/mol.